The standard InChI is InChI=1S/C27H27N3O7/c1-11(2)30-17-10-14(16-5-3-4-6-29-16)15-8-12-7-13-9-18(31)21(26(28)36)25(35)27(13,37)24(34)19(12)23(33)20(15)22(17)32/h3-6,10-13,30,32-33,35,37H,7-9H2,1-2H3,(H2,28,36). The highest BCUT2D eigenvalue weighted by Crippen LogP contribution is 2.54. The number of primary amides is 1. The fraction of sp³-hybridized carbons (Fsp3) is 0.333. The Balaban J connectivity index is 1.75. The van der Waals surface area contributed by atoms with Crippen LogP contribution in [0, 0.1) is 11.8 Å². The molecule has 10 heteroatoms. The number of hydrogen-bond acceptors (Lipinski definition) is 9. The second-order valence-corrected chi connectivity index (χ2v) is 10.1. The normalized spacial score (nSPS) is 25.1. The van der Waals surface area contributed by atoms with E-state index in [9.17, 15) is 34.8 Å². The summed E-state index contributed by atoms with van der Waals surface area (Å²) in [5.41, 5.74) is 3.80. The van der Waals surface area contributed by atoms with Crippen LogP contribution in [0.25, 0.3) is 17.0 Å². The van der Waals surface area contributed by atoms with Crippen LogP contribution in [0.5, 0.6) is 5.75 Å². The van der Waals surface area contributed by atoms with Gasteiger partial charge in [0.15, 0.2) is 11.4 Å². The van der Waals surface area contributed by atoms with Crippen LogP contribution in [0.15, 0.2) is 47.4 Å². The van der Waals surface area contributed by atoms with Crippen LogP contribution in [-0.4, -0.2) is 54.5 Å². The maximum absolute atomic E-state index is 13.7. The molecule has 2 aromatic rings. The van der Waals surface area contributed by atoms with E-state index < -0.39 is 52.0 Å². The molecular formula is C27H27N3O7. The number of phenols is 1. The average Bonchev–Trinajstić information content (AvgIpc) is 2.83. The molecule has 0 saturated heterocycles. The minimum atomic E-state index is -2.59. The van der Waals surface area contributed by atoms with Crippen molar-refractivity contribution < 1.29 is 34.8 Å². The summed E-state index contributed by atoms with van der Waals surface area (Å²) >= 11 is 0. The minimum Gasteiger partial charge on any atom is -0.508 e. The van der Waals surface area contributed by atoms with E-state index in [1.54, 1.807) is 24.4 Å². The molecule has 3 atom stereocenters. The van der Waals surface area contributed by atoms with Gasteiger partial charge in [-0.15, -0.1) is 0 Å². The highest BCUT2D eigenvalue weighted by Gasteiger charge is 2.60. The van der Waals surface area contributed by atoms with Crippen molar-refractivity contribution in [2.75, 3.05) is 5.32 Å². The third-order valence-electron chi connectivity index (χ3n) is 7.45. The first-order chi connectivity index (χ1) is 17.5. The molecule has 3 aliphatic rings. The molecule has 0 bridgehead atoms. The predicted octanol–water partition coefficient (Wildman–Crippen LogP) is 2.31. The number of nitrogens with two attached hydrogens (primary N) is 1. The zero-order chi connectivity index (χ0) is 26.8. The van der Waals surface area contributed by atoms with Crippen LogP contribution in [0.1, 0.15) is 37.8 Å². The molecule has 7 N–H and O–H groups in total. The molecule has 3 unspecified atom stereocenters. The summed E-state index contributed by atoms with van der Waals surface area (Å²) in [6, 6.07) is 7.04. The third kappa shape index (κ3) is 3.51. The lowest BCUT2D eigenvalue weighted by Gasteiger charge is -2.46. The van der Waals surface area contributed by atoms with Crippen molar-refractivity contribution in [3.05, 3.63) is 58.5 Å². The predicted molar refractivity (Wildman–Crippen MR) is 133 cm³/mol. The quantitative estimate of drug-likeness (QED) is 0.268. The van der Waals surface area contributed by atoms with Gasteiger partial charge < -0.3 is 31.5 Å². The van der Waals surface area contributed by atoms with Crippen molar-refractivity contribution in [2.24, 2.45) is 17.6 Å². The molecule has 37 heavy (non-hydrogen) atoms. The van der Waals surface area contributed by atoms with Crippen LogP contribution in [0.2, 0.25) is 0 Å². The fourth-order valence-corrected chi connectivity index (χ4v) is 5.86. The zero-order valence-corrected chi connectivity index (χ0v) is 20.3. The molecule has 0 radical (unpaired) electrons. The van der Waals surface area contributed by atoms with Crippen molar-refractivity contribution in [1.29, 1.82) is 0 Å². The number of aromatic nitrogens is 1. The second-order valence-electron chi connectivity index (χ2n) is 10.1. The number of nitrogens with zero attached hydrogens (tertiary/aromatic N) is 1. The number of carbonyl (C=O) groups is 3. The molecule has 1 aromatic heterocycles. The van der Waals surface area contributed by atoms with Gasteiger partial charge >= 0.3 is 0 Å². The summed E-state index contributed by atoms with van der Waals surface area (Å²) in [4.78, 5) is 42.5. The number of ketones is 2. The summed E-state index contributed by atoms with van der Waals surface area (Å²) in [7, 11) is 0. The summed E-state index contributed by atoms with van der Waals surface area (Å²) in [6.07, 6.45) is 1.53. The smallest absolute Gasteiger partial charge is 0.255 e. The van der Waals surface area contributed by atoms with E-state index in [1.807, 2.05) is 19.9 Å². The first-order valence-electron chi connectivity index (χ1n) is 12.0. The number of aromatic hydroxyl groups is 1. The SMILES string of the molecule is CC(C)Nc1cc(-c2ccccn2)c2c(c1O)C(O)=C1C(=O)C3(O)C(O)=C(C(N)=O)C(=O)CC3CC1C2. The van der Waals surface area contributed by atoms with E-state index in [1.165, 1.54) is 0 Å². The number of aliphatic hydroxyl groups is 3. The van der Waals surface area contributed by atoms with Crippen molar-refractivity contribution in [3.8, 4) is 17.0 Å². The largest absolute Gasteiger partial charge is 0.508 e. The van der Waals surface area contributed by atoms with Gasteiger partial charge in [0.05, 0.1) is 16.9 Å². The number of nitrogens with one attached hydrogen (secondary N) is 1. The maximum atomic E-state index is 13.7. The molecule has 1 amide bonds. The number of pyridine rings is 1. The Kier molecular flexibility index (Phi) is 5.60. The lowest BCUT2D eigenvalue weighted by atomic mass is 9.59. The Hall–Kier alpha value is -4.18. The number of fused-ring (bicyclic) bond motifs is 3. The summed E-state index contributed by atoms with van der Waals surface area (Å²) in [5, 5.41) is 47.9. The first kappa shape index (κ1) is 24.5. The van der Waals surface area contributed by atoms with Crippen molar-refractivity contribution in [1.82, 2.24) is 4.98 Å². The van der Waals surface area contributed by atoms with Gasteiger partial charge in [-0.1, -0.05) is 6.07 Å². The van der Waals surface area contributed by atoms with Crippen molar-refractivity contribution >= 4 is 28.9 Å². The molecule has 192 valence electrons. The van der Waals surface area contributed by atoms with E-state index in [4.69, 9.17) is 5.73 Å². The molecule has 0 spiro atoms. The van der Waals surface area contributed by atoms with Gasteiger partial charge in [-0.2, -0.15) is 0 Å². The molecule has 1 saturated carbocycles. The molecule has 1 aromatic carbocycles. The van der Waals surface area contributed by atoms with Gasteiger partial charge in [-0.25, -0.2) is 0 Å². The molecule has 1 heterocycles. The van der Waals surface area contributed by atoms with Crippen molar-refractivity contribution in [2.45, 2.75) is 44.8 Å². The molecule has 1 fully saturated rings. The van der Waals surface area contributed by atoms with Crippen molar-refractivity contribution in [3.63, 3.8) is 0 Å². The molecule has 0 aliphatic heterocycles. The minimum absolute atomic E-state index is 0.0263. The lowest BCUT2D eigenvalue weighted by Crippen LogP contribution is -2.58. The van der Waals surface area contributed by atoms with Crippen LogP contribution in [0.4, 0.5) is 5.69 Å². The van der Waals surface area contributed by atoms with Gasteiger partial charge in [0.2, 0.25) is 5.78 Å². The number of rotatable bonds is 4. The zero-order valence-electron chi connectivity index (χ0n) is 20.3. The summed E-state index contributed by atoms with van der Waals surface area (Å²) in [6.45, 7) is 3.76. The third-order valence-corrected chi connectivity index (χ3v) is 7.45. The number of aliphatic hydroxyl groups excluding tert-OH is 2. The topological polar surface area (TPSA) is 183 Å². The number of Topliss-reactive ketones (excluding diaryl/α,β-unsaturated/α-hetero) is 2. The van der Waals surface area contributed by atoms with Gasteiger partial charge in [0.25, 0.3) is 5.91 Å². The number of phenolic OH excluding ortho intramolecular Hbond substituents is 1. The van der Waals surface area contributed by atoms with E-state index in [2.05, 4.69) is 10.3 Å². The van der Waals surface area contributed by atoms with Crippen LogP contribution in [0.3, 0.4) is 0 Å². The molecular weight excluding hydrogens is 478 g/mol. The van der Waals surface area contributed by atoms with E-state index in [-0.39, 0.29) is 42.2 Å². The van der Waals surface area contributed by atoms with E-state index in [0.717, 1.165) is 0 Å². The first-order valence-corrected chi connectivity index (χ1v) is 12.0. The van der Waals surface area contributed by atoms with E-state index in [0.29, 0.717) is 22.5 Å². The number of carbonyl (C=O) groups excluding carboxylic acids is 3. The molecule has 3 aliphatic carbocycles. The van der Waals surface area contributed by atoms with Gasteiger partial charge in [0.1, 0.15) is 22.8 Å². The Morgan fingerprint density at radius 3 is 2.54 bits per heavy atom. The van der Waals surface area contributed by atoms with Gasteiger partial charge in [-0.05, 0) is 56.4 Å². The van der Waals surface area contributed by atoms with Crippen LogP contribution >= 0.6 is 0 Å². The number of amides is 1. The molecule has 5 rings (SSSR count). The number of anilines is 1. The summed E-state index contributed by atoms with van der Waals surface area (Å²) < 4.78 is 0. The fourth-order valence-electron chi connectivity index (χ4n) is 5.86. The Morgan fingerprint density at radius 1 is 1.19 bits per heavy atom. The van der Waals surface area contributed by atoms with Gasteiger partial charge in [-0.3, -0.25) is 19.4 Å². The van der Waals surface area contributed by atoms with E-state index >= 15 is 0 Å². The summed E-state index contributed by atoms with van der Waals surface area (Å²) in [5.74, 6) is -6.57. The van der Waals surface area contributed by atoms with Crippen LogP contribution < -0.4 is 11.1 Å². The highest BCUT2D eigenvalue weighted by atomic mass is 16.3. The lowest BCUT2D eigenvalue weighted by molar-refractivity contribution is -0.147. The maximum Gasteiger partial charge on any atom is 0.255 e. The average molecular weight is 506 g/mol. The number of hydrogen-bond donors (Lipinski definition) is 6. The number of benzene rings is 1. The Bertz CT molecular complexity index is 1430. The second kappa shape index (κ2) is 8.45. The highest BCUT2D eigenvalue weighted by molar-refractivity contribution is 6.22. The Morgan fingerprint density at radius 2 is 1.92 bits per heavy atom. The Labute approximate surface area is 212 Å². The van der Waals surface area contributed by atoms with Gasteiger partial charge in [0, 0.05) is 35.7 Å². The monoisotopic (exact) mass is 505 g/mol. The molecule has 10 nitrogen and oxygen atoms in total. The van der Waals surface area contributed by atoms with Crippen LogP contribution in [-0.2, 0) is 20.8 Å².